The van der Waals surface area contributed by atoms with E-state index in [2.05, 4.69) is 0 Å². The van der Waals surface area contributed by atoms with Crippen LogP contribution < -0.4 is 0 Å². The summed E-state index contributed by atoms with van der Waals surface area (Å²) in [4.78, 5) is 50.7. The Labute approximate surface area is 178 Å². The van der Waals surface area contributed by atoms with Crippen molar-refractivity contribution >= 4 is 23.4 Å². The molecule has 0 spiro atoms. The van der Waals surface area contributed by atoms with Gasteiger partial charge in [-0.05, 0) is 42.7 Å². The fraction of sp³-hybridized carbons (Fsp3) is 0.348. The van der Waals surface area contributed by atoms with Gasteiger partial charge in [0.1, 0.15) is 0 Å². The lowest BCUT2D eigenvalue weighted by atomic mass is 9.81. The SMILES string of the molecule is O=C(c1cccc([N+](=O)[O-])c1)N(Cc1ccccc1)N1C(=O)[C@@H]2[C@H]3CC[C@@H](C3)[C@@H]2C1=O. The molecule has 0 unspecified atom stereocenters. The number of non-ortho nitro benzene ring substituents is 1. The molecule has 1 saturated heterocycles. The lowest BCUT2D eigenvalue weighted by Crippen LogP contribution is -2.50. The van der Waals surface area contributed by atoms with E-state index < -0.39 is 10.8 Å². The standard InChI is InChI=1S/C23H21N3O5/c27-21(17-7-4-8-18(12-17)26(30)31)24(13-14-5-2-1-3-6-14)25-22(28)19-15-9-10-16(11-15)20(19)23(25)29/h1-8,12,15-16,19-20H,9-11,13H2/t15-,16-,19-,20+/m0/s1. The molecule has 0 aromatic heterocycles. The van der Waals surface area contributed by atoms with Gasteiger partial charge in [0.25, 0.3) is 23.4 Å². The smallest absolute Gasteiger partial charge is 0.272 e. The van der Waals surface area contributed by atoms with Crippen LogP contribution in [0, 0.1) is 33.8 Å². The molecule has 3 aliphatic rings. The largest absolute Gasteiger partial charge is 0.273 e. The predicted octanol–water partition coefficient (Wildman–Crippen LogP) is 3.18. The van der Waals surface area contributed by atoms with Gasteiger partial charge in [0.2, 0.25) is 0 Å². The van der Waals surface area contributed by atoms with Crippen molar-refractivity contribution in [3.05, 3.63) is 75.8 Å². The molecule has 5 rings (SSSR count). The van der Waals surface area contributed by atoms with Crippen molar-refractivity contribution in [2.24, 2.45) is 23.7 Å². The number of rotatable bonds is 5. The predicted molar refractivity (Wildman–Crippen MR) is 109 cm³/mol. The first-order valence-electron chi connectivity index (χ1n) is 10.4. The molecule has 0 N–H and O–H groups in total. The first-order valence-corrected chi connectivity index (χ1v) is 10.4. The minimum absolute atomic E-state index is 0.0224. The number of carbonyl (C=O) groups is 3. The van der Waals surface area contributed by atoms with Gasteiger partial charge >= 0.3 is 0 Å². The van der Waals surface area contributed by atoms with Crippen LogP contribution in [-0.2, 0) is 16.1 Å². The zero-order valence-electron chi connectivity index (χ0n) is 16.7. The van der Waals surface area contributed by atoms with Gasteiger partial charge in [-0.2, -0.15) is 5.01 Å². The van der Waals surface area contributed by atoms with E-state index >= 15 is 0 Å². The van der Waals surface area contributed by atoms with E-state index in [9.17, 15) is 24.5 Å². The lowest BCUT2D eigenvalue weighted by Gasteiger charge is -2.31. The number of carbonyl (C=O) groups excluding carboxylic acids is 3. The number of hydrogen-bond acceptors (Lipinski definition) is 5. The number of nitro groups is 1. The summed E-state index contributed by atoms with van der Waals surface area (Å²) in [5.41, 5.74) is 0.590. The third-order valence-corrected chi connectivity index (χ3v) is 6.86. The number of hydrogen-bond donors (Lipinski definition) is 0. The molecule has 3 fully saturated rings. The lowest BCUT2D eigenvalue weighted by molar-refractivity contribution is -0.384. The van der Waals surface area contributed by atoms with Gasteiger partial charge in [0.05, 0.1) is 23.3 Å². The number of benzene rings is 2. The Morgan fingerprint density at radius 3 is 2.26 bits per heavy atom. The van der Waals surface area contributed by atoms with Gasteiger partial charge < -0.3 is 0 Å². The summed E-state index contributed by atoms with van der Waals surface area (Å²) >= 11 is 0. The second-order valence-corrected chi connectivity index (χ2v) is 8.53. The van der Waals surface area contributed by atoms with Crippen LogP contribution in [0.1, 0.15) is 35.2 Å². The molecule has 2 aromatic rings. The van der Waals surface area contributed by atoms with Gasteiger partial charge in [-0.1, -0.05) is 36.4 Å². The molecule has 2 bridgehead atoms. The van der Waals surface area contributed by atoms with Crippen LogP contribution >= 0.6 is 0 Å². The molecule has 2 saturated carbocycles. The van der Waals surface area contributed by atoms with Crippen molar-refractivity contribution in [2.45, 2.75) is 25.8 Å². The Bertz CT molecular complexity index is 1060. The van der Waals surface area contributed by atoms with Crippen molar-refractivity contribution in [3.8, 4) is 0 Å². The Morgan fingerprint density at radius 1 is 1.00 bits per heavy atom. The van der Waals surface area contributed by atoms with Crippen molar-refractivity contribution in [1.82, 2.24) is 10.0 Å². The summed E-state index contributed by atoms with van der Waals surface area (Å²) in [6.07, 6.45) is 2.78. The molecule has 4 atom stereocenters. The molecule has 8 nitrogen and oxygen atoms in total. The van der Waals surface area contributed by atoms with Gasteiger partial charge in [0.15, 0.2) is 0 Å². The summed E-state index contributed by atoms with van der Waals surface area (Å²) in [5.74, 6) is -1.58. The third-order valence-electron chi connectivity index (χ3n) is 6.86. The molecule has 2 aliphatic carbocycles. The van der Waals surface area contributed by atoms with Crippen LogP contribution in [0.2, 0.25) is 0 Å². The van der Waals surface area contributed by atoms with Gasteiger partial charge in [-0.3, -0.25) is 24.5 Å². The van der Waals surface area contributed by atoms with Crippen LogP contribution in [0.25, 0.3) is 0 Å². The van der Waals surface area contributed by atoms with E-state index in [1.807, 2.05) is 30.3 Å². The summed E-state index contributed by atoms with van der Waals surface area (Å²) in [7, 11) is 0. The average Bonchev–Trinajstić information content (AvgIpc) is 3.46. The van der Waals surface area contributed by atoms with E-state index in [0.717, 1.165) is 34.8 Å². The number of nitro benzene ring substituents is 1. The fourth-order valence-corrected chi connectivity index (χ4v) is 5.52. The molecule has 3 amide bonds. The number of hydrazine groups is 1. The number of amides is 3. The highest BCUT2D eigenvalue weighted by molar-refractivity contribution is 6.08. The third kappa shape index (κ3) is 3.10. The summed E-state index contributed by atoms with van der Waals surface area (Å²) in [6, 6.07) is 14.4. The van der Waals surface area contributed by atoms with Gasteiger partial charge in [-0.25, -0.2) is 5.01 Å². The Balaban J connectivity index is 1.53. The Hall–Kier alpha value is -3.55. The van der Waals surface area contributed by atoms with Crippen LogP contribution in [0.4, 0.5) is 5.69 Å². The number of fused-ring (bicyclic) bond motifs is 5. The highest BCUT2D eigenvalue weighted by Crippen LogP contribution is 2.56. The Morgan fingerprint density at radius 2 is 1.65 bits per heavy atom. The van der Waals surface area contributed by atoms with Crippen LogP contribution in [0.15, 0.2) is 54.6 Å². The fourth-order valence-electron chi connectivity index (χ4n) is 5.52. The maximum absolute atomic E-state index is 13.5. The van der Waals surface area contributed by atoms with Crippen molar-refractivity contribution in [3.63, 3.8) is 0 Å². The highest BCUT2D eigenvalue weighted by Gasteiger charge is 2.62. The highest BCUT2D eigenvalue weighted by atomic mass is 16.6. The molecule has 31 heavy (non-hydrogen) atoms. The summed E-state index contributed by atoms with van der Waals surface area (Å²) < 4.78 is 0. The number of imide groups is 1. The van der Waals surface area contributed by atoms with Gasteiger partial charge in [-0.15, -0.1) is 0 Å². The first kappa shape index (κ1) is 19.4. The quantitative estimate of drug-likeness (QED) is 0.421. The van der Waals surface area contributed by atoms with E-state index in [4.69, 9.17) is 0 Å². The minimum Gasteiger partial charge on any atom is -0.272 e. The molecule has 2 aromatic carbocycles. The zero-order valence-corrected chi connectivity index (χ0v) is 16.7. The summed E-state index contributed by atoms with van der Waals surface area (Å²) in [5, 5.41) is 13.4. The second kappa shape index (κ2) is 7.30. The van der Waals surface area contributed by atoms with E-state index in [-0.39, 0.29) is 53.3 Å². The van der Waals surface area contributed by atoms with E-state index in [1.54, 1.807) is 0 Å². The van der Waals surface area contributed by atoms with E-state index in [0.29, 0.717) is 0 Å². The molecule has 0 radical (unpaired) electrons. The topological polar surface area (TPSA) is 101 Å². The van der Waals surface area contributed by atoms with Crippen LogP contribution in [0.3, 0.4) is 0 Å². The minimum atomic E-state index is -0.610. The van der Waals surface area contributed by atoms with E-state index in [1.165, 1.54) is 24.3 Å². The molecular weight excluding hydrogens is 398 g/mol. The maximum Gasteiger partial charge on any atom is 0.273 e. The molecule has 158 valence electrons. The maximum atomic E-state index is 13.5. The van der Waals surface area contributed by atoms with Crippen LogP contribution in [-0.4, -0.2) is 32.7 Å². The molecular formula is C23H21N3O5. The second-order valence-electron chi connectivity index (χ2n) is 8.53. The van der Waals surface area contributed by atoms with Gasteiger partial charge in [0, 0.05) is 17.7 Å². The van der Waals surface area contributed by atoms with Crippen LogP contribution in [0.5, 0.6) is 0 Å². The van der Waals surface area contributed by atoms with Crippen molar-refractivity contribution in [1.29, 1.82) is 0 Å². The molecule has 8 heteroatoms. The molecule has 1 aliphatic heterocycles. The van der Waals surface area contributed by atoms with Crippen molar-refractivity contribution < 1.29 is 19.3 Å². The monoisotopic (exact) mass is 419 g/mol. The normalized spacial score (nSPS) is 26.3. The van der Waals surface area contributed by atoms with Crippen molar-refractivity contribution in [2.75, 3.05) is 0 Å². The first-order chi connectivity index (χ1) is 15.0. The zero-order chi connectivity index (χ0) is 21.7. The molecule has 1 heterocycles. The Kier molecular flexibility index (Phi) is 4.57. The summed E-state index contributed by atoms with van der Waals surface area (Å²) in [6.45, 7) is 0.0224. The number of nitrogens with zero attached hydrogens (tertiary/aromatic N) is 3. The average molecular weight is 419 g/mol.